The number of allylic oxidation sites excluding steroid dienone is 10. The molecule has 0 aliphatic heterocycles. The Bertz CT molecular complexity index is 1450. The van der Waals surface area contributed by atoms with Crippen LogP contribution < -0.4 is 0 Å². The number of phosphoric acid groups is 1. The number of hydrogen-bond donors (Lipinski definition) is 1. The van der Waals surface area contributed by atoms with Crippen molar-refractivity contribution in [2.24, 2.45) is 0 Å². The van der Waals surface area contributed by atoms with Crippen LogP contribution in [0.3, 0.4) is 0 Å². The average Bonchev–Trinajstić information content (AvgIpc) is 3.37. The first-order valence-corrected chi connectivity index (χ1v) is 33.0. The van der Waals surface area contributed by atoms with E-state index in [0.717, 1.165) is 64.2 Å². The van der Waals surface area contributed by atoms with Crippen LogP contribution in [0.2, 0.25) is 0 Å². The van der Waals surface area contributed by atoms with Crippen molar-refractivity contribution in [2.75, 3.05) is 47.5 Å². The quantitative estimate of drug-likeness (QED) is 0.0211. The molecule has 0 heterocycles. The minimum Gasteiger partial charge on any atom is -0.462 e. The summed E-state index contributed by atoms with van der Waals surface area (Å²) in [7, 11) is 1.49. The van der Waals surface area contributed by atoms with E-state index < -0.39 is 26.5 Å². The van der Waals surface area contributed by atoms with E-state index in [1.807, 2.05) is 21.1 Å². The molecule has 0 saturated heterocycles. The molecular weight excluding hydrogens is 954 g/mol. The van der Waals surface area contributed by atoms with Crippen molar-refractivity contribution >= 4 is 19.8 Å². The summed E-state index contributed by atoms with van der Waals surface area (Å²) in [6.45, 7) is 4.36. The maximum Gasteiger partial charge on any atom is 0.472 e. The van der Waals surface area contributed by atoms with Crippen LogP contribution in [0, 0.1) is 0 Å². The van der Waals surface area contributed by atoms with Gasteiger partial charge in [-0.1, -0.05) is 280 Å². The Morgan fingerprint density at radius 3 is 1.13 bits per heavy atom. The van der Waals surface area contributed by atoms with Crippen LogP contribution in [-0.2, 0) is 32.7 Å². The number of phosphoric ester groups is 1. The molecule has 10 heteroatoms. The Morgan fingerprint density at radius 1 is 0.427 bits per heavy atom. The summed E-state index contributed by atoms with van der Waals surface area (Å²) < 4.78 is 34.6. The van der Waals surface area contributed by atoms with E-state index in [-0.39, 0.29) is 25.6 Å². The molecule has 1 N–H and O–H groups in total. The standard InChI is InChI=1S/C65H120NO8P/c1-6-8-10-12-14-16-18-20-22-24-25-26-27-28-29-30-31-32-33-34-35-36-37-38-39-40-41-42-44-46-48-50-52-54-56-58-65(68)74-63(62-73-75(69,70)72-60-59-66(3,4)5)61-71-64(67)57-55-53-51-49-47-45-43-23-21-19-17-15-13-11-9-7-2/h8,10,14,16,20,22,25-26,28-29,63H,6-7,9,11-13,15,17-19,21,23-24,27,30-62H2,1-5H3/p+1/b10-8-,16-14-,22-20-,26-25-,29-28-. The second-order valence-corrected chi connectivity index (χ2v) is 23.9. The maximum absolute atomic E-state index is 12.8. The SMILES string of the molecule is CC/C=C\C/C=C\C/C=C\C/C=C\C/C=C\CCCCCCCCCCCCCCCCCCCCCC(=O)OC(COC(=O)CCCCCCCCCCCCCCCCCC)COP(=O)(O)OCC[N+](C)(C)C. The van der Waals surface area contributed by atoms with Gasteiger partial charge in [-0.05, 0) is 57.8 Å². The number of quaternary nitrogens is 1. The van der Waals surface area contributed by atoms with E-state index in [1.165, 1.54) is 193 Å². The van der Waals surface area contributed by atoms with Gasteiger partial charge in [0.2, 0.25) is 0 Å². The van der Waals surface area contributed by atoms with Crippen LogP contribution in [0.5, 0.6) is 0 Å². The van der Waals surface area contributed by atoms with E-state index in [9.17, 15) is 19.0 Å². The number of rotatable bonds is 58. The first-order valence-electron chi connectivity index (χ1n) is 31.5. The van der Waals surface area contributed by atoms with Crippen molar-refractivity contribution in [1.29, 1.82) is 0 Å². The molecule has 0 spiro atoms. The highest BCUT2D eigenvalue weighted by molar-refractivity contribution is 7.47. The Kier molecular flexibility index (Phi) is 54.7. The van der Waals surface area contributed by atoms with E-state index >= 15 is 0 Å². The molecule has 0 saturated carbocycles. The summed E-state index contributed by atoms with van der Waals surface area (Å²) in [4.78, 5) is 35.7. The normalized spacial score (nSPS) is 13.6. The van der Waals surface area contributed by atoms with Gasteiger partial charge in [0.15, 0.2) is 6.10 Å². The highest BCUT2D eigenvalue weighted by Crippen LogP contribution is 2.43. The van der Waals surface area contributed by atoms with Crippen LogP contribution in [0.4, 0.5) is 0 Å². The number of unbranched alkanes of at least 4 members (excludes halogenated alkanes) is 34. The van der Waals surface area contributed by atoms with Gasteiger partial charge in [0, 0.05) is 12.8 Å². The molecule has 438 valence electrons. The first kappa shape index (κ1) is 72.7. The average molecular weight is 1080 g/mol. The lowest BCUT2D eigenvalue weighted by molar-refractivity contribution is -0.870. The van der Waals surface area contributed by atoms with Crippen LogP contribution in [-0.4, -0.2) is 74.9 Å². The third-order valence-electron chi connectivity index (χ3n) is 13.8. The zero-order valence-corrected chi connectivity index (χ0v) is 50.7. The number of hydrogen-bond acceptors (Lipinski definition) is 7. The lowest BCUT2D eigenvalue weighted by Crippen LogP contribution is -2.37. The van der Waals surface area contributed by atoms with Gasteiger partial charge < -0.3 is 18.9 Å². The fraction of sp³-hybridized carbons (Fsp3) is 0.815. The summed E-state index contributed by atoms with van der Waals surface area (Å²) in [5, 5.41) is 0. The summed E-state index contributed by atoms with van der Waals surface area (Å²) >= 11 is 0. The fourth-order valence-corrected chi connectivity index (χ4v) is 9.73. The molecule has 0 amide bonds. The minimum atomic E-state index is -4.38. The van der Waals surface area contributed by atoms with Gasteiger partial charge in [-0.3, -0.25) is 18.6 Å². The van der Waals surface area contributed by atoms with Gasteiger partial charge in [-0.2, -0.15) is 0 Å². The van der Waals surface area contributed by atoms with Crippen molar-refractivity contribution in [3.8, 4) is 0 Å². The van der Waals surface area contributed by atoms with Crippen molar-refractivity contribution < 1.29 is 42.1 Å². The molecule has 2 atom stereocenters. The van der Waals surface area contributed by atoms with Crippen molar-refractivity contribution in [3.63, 3.8) is 0 Å². The van der Waals surface area contributed by atoms with Crippen LogP contribution in [0.1, 0.15) is 290 Å². The Labute approximate surface area is 464 Å². The molecule has 0 fully saturated rings. The van der Waals surface area contributed by atoms with Crippen molar-refractivity contribution in [3.05, 3.63) is 60.8 Å². The largest absolute Gasteiger partial charge is 0.472 e. The topological polar surface area (TPSA) is 108 Å². The zero-order valence-electron chi connectivity index (χ0n) is 49.8. The van der Waals surface area contributed by atoms with Gasteiger partial charge in [-0.15, -0.1) is 0 Å². The van der Waals surface area contributed by atoms with E-state index in [4.69, 9.17) is 18.5 Å². The number of ether oxygens (including phenoxy) is 2. The molecule has 2 unspecified atom stereocenters. The highest BCUT2D eigenvalue weighted by atomic mass is 31.2. The predicted molar refractivity (Wildman–Crippen MR) is 321 cm³/mol. The smallest absolute Gasteiger partial charge is 0.462 e. The molecular formula is C65H121NO8P+. The number of carbonyl (C=O) groups is 2. The Balaban J connectivity index is 3.99. The van der Waals surface area contributed by atoms with E-state index in [2.05, 4.69) is 74.6 Å². The molecule has 0 aliphatic carbocycles. The Hall–Kier alpha value is -2.29. The zero-order chi connectivity index (χ0) is 54.9. The van der Waals surface area contributed by atoms with Crippen LogP contribution >= 0.6 is 7.82 Å². The molecule has 0 rings (SSSR count). The monoisotopic (exact) mass is 1070 g/mol. The van der Waals surface area contributed by atoms with Crippen LogP contribution in [0.15, 0.2) is 60.8 Å². The van der Waals surface area contributed by atoms with E-state index in [0.29, 0.717) is 23.9 Å². The maximum atomic E-state index is 12.8. The summed E-state index contributed by atoms with van der Waals surface area (Å²) in [5.41, 5.74) is 0. The molecule has 0 radical (unpaired) electrons. The Morgan fingerprint density at radius 2 is 0.760 bits per heavy atom. The van der Waals surface area contributed by atoms with Crippen molar-refractivity contribution in [2.45, 2.75) is 296 Å². The molecule has 0 aromatic rings. The fourth-order valence-electron chi connectivity index (χ4n) is 8.99. The van der Waals surface area contributed by atoms with Gasteiger partial charge >= 0.3 is 19.8 Å². The summed E-state index contributed by atoms with van der Waals surface area (Å²) in [6.07, 6.45) is 73.1. The van der Waals surface area contributed by atoms with Gasteiger partial charge in [0.1, 0.15) is 19.8 Å². The predicted octanol–water partition coefficient (Wildman–Crippen LogP) is 19.9. The van der Waals surface area contributed by atoms with E-state index in [1.54, 1.807) is 0 Å². The van der Waals surface area contributed by atoms with Gasteiger partial charge in [0.25, 0.3) is 0 Å². The molecule has 9 nitrogen and oxygen atoms in total. The molecule has 0 aromatic carbocycles. The van der Waals surface area contributed by atoms with Crippen molar-refractivity contribution in [1.82, 2.24) is 0 Å². The summed E-state index contributed by atoms with van der Waals surface area (Å²) in [5.74, 6) is -0.782. The molecule has 0 bridgehead atoms. The van der Waals surface area contributed by atoms with Gasteiger partial charge in [0.05, 0.1) is 27.7 Å². The number of nitrogens with zero attached hydrogens (tertiary/aromatic N) is 1. The van der Waals surface area contributed by atoms with Gasteiger partial charge in [-0.25, -0.2) is 4.57 Å². The van der Waals surface area contributed by atoms with Crippen LogP contribution in [0.25, 0.3) is 0 Å². The third-order valence-corrected chi connectivity index (χ3v) is 14.8. The number of likely N-dealkylation sites (N-methyl/N-ethyl adjacent to an activating group) is 1. The molecule has 0 aliphatic rings. The highest BCUT2D eigenvalue weighted by Gasteiger charge is 2.27. The molecule has 75 heavy (non-hydrogen) atoms. The second-order valence-electron chi connectivity index (χ2n) is 22.4. The minimum absolute atomic E-state index is 0.0336. The molecule has 0 aromatic heterocycles. The number of esters is 2. The second kappa shape index (κ2) is 56.4. The first-order chi connectivity index (χ1) is 36.5. The number of carbonyl (C=O) groups excluding carboxylic acids is 2. The third kappa shape index (κ3) is 60.8. The lowest BCUT2D eigenvalue weighted by atomic mass is 10.0. The lowest BCUT2D eigenvalue weighted by Gasteiger charge is -2.24. The summed E-state index contributed by atoms with van der Waals surface area (Å²) in [6, 6.07) is 0.